The first-order chi connectivity index (χ1) is 19.6. The van der Waals surface area contributed by atoms with Gasteiger partial charge in [-0.05, 0) is 50.6 Å². The first-order valence-corrected chi connectivity index (χ1v) is 13.2. The van der Waals surface area contributed by atoms with Crippen molar-refractivity contribution in [2.75, 3.05) is 12.4 Å². The zero-order valence-corrected chi connectivity index (χ0v) is 23.3. The van der Waals surface area contributed by atoms with Crippen LogP contribution >= 0.6 is 11.3 Å². The number of anilines is 1. The maximum atomic E-state index is 15.0. The normalized spacial score (nSPS) is 12.6. The van der Waals surface area contributed by atoms with Gasteiger partial charge in [-0.15, -0.1) is 11.3 Å². The van der Waals surface area contributed by atoms with Gasteiger partial charge in [0.25, 0.3) is 5.91 Å². The molecule has 5 rings (SSSR count). The minimum Gasteiger partial charge on any atom is -0.484 e. The fraction of sp³-hybridized carbons (Fsp3) is 0.214. The van der Waals surface area contributed by atoms with Crippen LogP contribution in [0.1, 0.15) is 29.9 Å². The highest BCUT2D eigenvalue weighted by atomic mass is 32.1. The molecule has 0 bridgehead atoms. The Labute approximate surface area is 237 Å². The highest BCUT2D eigenvalue weighted by molar-refractivity contribution is 7.21. The topological polar surface area (TPSA) is 151 Å². The highest BCUT2D eigenvalue weighted by Crippen LogP contribution is 2.37. The van der Waals surface area contributed by atoms with Gasteiger partial charge in [-0.25, -0.2) is 29.1 Å². The second-order valence-electron chi connectivity index (χ2n) is 9.22. The van der Waals surface area contributed by atoms with E-state index >= 15 is 4.39 Å². The molecule has 41 heavy (non-hydrogen) atoms. The summed E-state index contributed by atoms with van der Waals surface area (Å²) in [6.07, 6.45) is 0.621. The maximum absolute atomic E-state index is 15.0. The Hall–Kier alpha value is -4.91. The molecule has 0 unspecified atom stereocenters. The molecule has 0 aliphatic heterocycles. The molecule has 13 heteroatoms. The number of nitrogens with one attached hydrogen (secondary N) is 1. The molecule has 210 valence electrons. The minimum absolute atomic E-state index is 0.000858. The third-order valence-electron chi connectivity index (χ3n) is 6.18. The van der Waals surface area contributed by atoms with Crippen LogP contribution in [0.15, 0.2) is 48.8 Å². The number of pyridine rings is 1. The van der Waals surface area contributed by atoms with Gasteiger partial charge in [0, 0.05) is 17.7 Å². The number of hydrogen-bond donors (Lipinski definition) is 2. The predicted molar refractivity (Wildman–Crippen MR) is 152 cm³/mol. The second-order valence-corrected chi connectivity index (χ2v) is 10.2. The summed E-state index contributed by atoms with van der Waals surface area (Å²) in [5, 5.41) is 3.16. The highest BCUT2D eigenvalue weighted by Gasteiger charge is 2.22. The summed E-state index contributed by atoms with van der Waals surface area (Å²) in [6, 6.07) is 9.61. The van der Waals surface area contributed by atoms with Crippen LogP contribution in [-0.2, 0) is 4.74 Å². The van der Waals surface area contributed by atoms with E-state index in [1.54, 1.807) is 26.1 Å². The summed E-state index contributed by atoms with van der Waals surface area (Å²) in [5.41, 5.74) is 9.08. The summed E-state index contributed by atoms with van der Waals surface area (Å²) in [7, 11) is 1.53. The van der Waals surface area contributed by atoms with Crippen molar-refractivity contribution in [3.8, 4) is 22.2 Å². The van der Waals surface area contributed by atoms with Crippen molar-refractivity contribution in [2.24, 2.45) is 5.73 Å². The molecule has 0 saturated heterocycles. The molecule has 0 fully saturated rings. The number of primary amides is 1. The minimum atomic E-state index is -0.768. The smallest absolute Gasteiger partial charge is 0.412 e. The molecular formula is C28H25FN6O5S. The number of benzene rings is 2. The largest absolute Gasteiger partial charge is 0.484 e. The van der Waals surface area contributed by atoms with Gasteiger partial charge in [0.2, 0.25) is 5.88 Å². The number of nitrogens with zero attached hydrogens (tertiary/aromatic N) is 4. The lowest BCUT2D eigenvalue weighted by molar-refractivity contribution is 0.0402. The Balaban J connectivity index is 1.31. The molecule has 3 heterocycles. The molecule has 5 aromatic rings. The van der Waals surface area contributed by atoms with Crippen LogP contribution in [0.5, 0.6) is 11.6 Å². The molecule has 3 aromatic heterocycles. The van der Waals surface area contributed by atoms with Crippen molar-refractivity contribution in [1.29, 1.82) is 0 Å². The lowest BCUT2D eigenvalue weighted by Crippen LogP contribution is -2.32. The Bertz CT molecular complexity index is 1780. The van der Waals surface area contributed by atoms with E-state index in [-0.39, 0.29) is 11.4 Å². The van der Waals surface area contributed by atoms with E-state index in [0.717, 1.165) is 11.1 Å². The molecule has 0 radical (unpaired) electrons. The number of amides is 2. The van der Waals surface area contributed by atoms with Crippen molar-refractivity contribution in [1.82, 2.24) is 19.9 Å². The van der Waals surface area contributed by atoms with Crippen molar-refractivity contribution in [3.63, 3.8) is 0 Å². The SMILES string of the molecule is COc1cnc2c(-c3nc4cc(F)c(O[C@@H](C)[C@@H](C)OC(=O)Nc5ccc(C(N)=O)nc5)cc4s3)cc(C)cc2n1. The third kappa shape index (κ3) is 5.99. The van der Waals surface area contributed by atoms with Crippen molar-refractivity contribution >= 4 is 50.3 Å². The van der Waals surface area contributed by atoms with Crippen LogP contribution in [0.25, 0.3) is 31.8 Å². The van der Waals surface area contributed by atoms with Crippen molar-refractivity contribution < 1.29 is 28.2 Å². The van der Waals surface area contributed by atoms with Gasteiger partial charge in [0.15, 0.2) is 11.6 Å². The van der Waals surface area contributed by atoms with Crippen LogP contribution in [-0.4, -0.2) is 51.3 Å². The molecule has 0 spiro atoms. The summed E-state index contributed by atoms with van der Waals surface area (Å²) >= 11 is 1.37. The van der Waals surface area contributed by atoms with E-state index in [4.69, 9.17) is 19.9 Å². The zero-order valence-electron chi connectivity index (χ0n) is 22.5. The summed E-state index contributed by atoms with van der Waals surface area (Å²) in [4.78, 5) is 40.9. The lowest BCUT2D eigenvalue weighted by Gasteiger charge is -2.22. The zero-order chi connectivity index (χ0) is 29.3. The number of aryl methyl sites for hydroxylation is 1. The molecule has 0 aliphatic carbocycles. The Morgan fingerprint density at radius 2 is 1.83 bits per heavy atom. The lowest BCUT2D eigenvalue weighted by atomic mass is 10.1. The van der Waals surface area contributed by atoms with Gasteiger partial charge >= 0.3 is 6.09 Å². The summed E-state index contributed by atoms with van der Waals surface area (Å²) in [6.45, 7) is 5.23. The number of hydrogen-bond acceptors (Lipinski definition) is 10. The Morgan fingerprint density at radius 3 is 2.54 bits per heavy atom. The van der Waals surface area contributed by atoms with Gasteiger partial charge < -0.3 is 19.9 Å². The number of rotatable bonds is 8. The van der Waals surface area contributed by atoms with Crippen molar-refractivity contribution in [3.05, 3.63) is 65.9 Å². The van der Waals surface area contributed by atoms with Gasteiger partial charge in [-0.2, -0.15) is 0 Å². The van der Waals surface area contributed by atoms with E-state index in [0.29, 0.717) is 37.8 Å². The van der Waals surface area contributed by atoms with Gasteiger partial charge in [-0.3, -0.25) is 10.1 Å². The fourth-order valence-corrected chi connectivity index (χ4v) is 4.96. The molecular weight excluding hydrogens is 551 g/mol. The molecule has 2 aromatic carbocycles. The average Bonchev–Trinajstić information content (AvgIpc) is 3.34. The number of carbonyl (C=O) groups excluding carboxylic acids is 2. The Morgan fingerprint density at radius 1 is 1.02 bits per heavy atom. The quantitative estimate of drug-likeness (QED) is 0.252. The molecule has 2 atom stereocenters. The monoisotopic (exact) mass is 576 g/mol. The Kier molecular flexibility index (Phi) is 7.62. The summed E-state index contributed by atoms with van der Waals surface area (Å²) in [5.74, 6) is -0.876. The first kappa shape index (κ1) is 27.6. The van der Waals surface area contributed by atoms with Gasteiger partial charge in [-0.1, -0.05) is 0 Å². The van der Waals surface area contributed by atoms with E-state index < -0.39 is 30.0 Å². The molecule has 11 nitrogen and oxygen atoms in total. The maximum Gasteiger partial charge on any atom is 0.412 e. The number of methoxy groups -OCH3 is 1. The third-order valence-corrected chi connectivity index (χ3v) is 7.23. The molecule has 0 saturated carbocycles. The van der Waals surface area contributed by atoms with Crippen LogP contribution < -0.4 is 20.5 Å². The predicted octanol–water partition coefficient (Wildman–Crippen LogP) is 5.26. The van der Waals surface area contributed by atoms with E-state index in [2.05, 4.69) is 25.3 Å². The van der Waals surface area contributed by atoms with Gasteiger partial charge in [0.1, 0.15) is 22.9 Å². The first-order valence-electron chi connectivity index (χ1n) is 12.4. The van der Waals surface area contributed by atoms with Crippen LogP contribution in [0, 0.1) is 12.7 Å². The number of ether oxygens (including phenoxy) is 3. The molecule has 2 amide bonds. The second kappa shape index (κ2) is 11.3. The average molecular weight is 577 g/mol. The number of nitrogens with two attached hydrogens (primary N) is 1. The van der Waals surface area contributed by atoms with E-state index in [9.17, 15) is 9.59 Å². The molecule has 3 N–H and O–H groups in total. The van der Waals surface area contributed by atoms with E-state index in [1.807, 2.05) is 19.1 Å². The number of thiazole rings is 1. The number of halogens is 1. The number of aromatic nitrogens is 4. The van der Waals surface area contributed by atoms with Crippen molar-refractivity contribution in [2.45, 2.75) is 33.0 Å². The van der Waals surface area contributed by atoms with Gasteiger partial charge in [0.05, 0.1) is 46.4 Å². The van der Waals surface area contributed by atoms with Crippen LogP contribution in [0.2, 0.25) is 0 Å². The van der Waals surface area contributed by atoms with Crippen LogP contribution in [0.3, 0.4) is 0 Å². The standard InChI is InChI=1S/C28H25FN6O5S/c1-13-7-17(25-21(8-13)34-24(38-4)12-32-25)27-35-20-9-18(29)22(10-23(20)41-27)39-14(2)15(3)40-28(37)33-16-5-6-19(26(30)36)31-11-16/h5-12,14-15H,1-4H3,(H2,30,36)(H,33,37)/t14-,15+/m0/s1. The van der Waals surface area contributed by atoms with E-state index in [1.165, 1.54) is 42.8 Å². The van der Waals surface area contributed by atoms with Crippen LogP contribution in [0.4, 0.5) is 14.9 Å². The fourth-order valence-electron chi connectivity index (χ4n) is 3.97. The number of carbonyl (C=O) groups is 2. The summed E-state index contributed by atoms with van der Waals surface area (Å²) < 4.78 is 32.2. The number of fused-ring (bicyclic) bond motifs is 2. The molecule has 0 aliphatic rings.